The average Bonchev–Trinajstić information content (AvgIpc) is 3.06. The zero-order chi connectivity index (χ0) is 19.8. The minimum Gasteiger partial charge on any atom is -0.355 e. The van der Waals surface area contributed by atoms with Gasteiger partial charge in [-0.1, -0.05) is 26.0 Å². The molecule has 0 bridgehead atoms. The van der Waals surface area contributed by atoms with E-state index in [1.807, 2.05) is 17.0 Å². The van der Waals surface area contributed by atoms with Crippen molar-refractivity contribution < 1.29 is 4.79 Å². The van der Waals surface area contributed by atoms with E-state index in [0.717, 1.165) is 37.6 Å². The number of nitrogens with one attached hydrogen (secondary N) is 2. The molecule has 1 unspecified atom stereocenters. The monoisotopic (exact) mass is 373 g/mol. The number of amides is 1. The highest BCUT2D eigenvalue weighted by atomic mass is 16.2. The first-order valence-electron chi connectivity index (χ1n) is 9.91. The number of anilines is 1. The van der Waals surface area contributed by atoms with Crippen molar-refractivity contribution in [3.05, 3.63) is 29.8 Å². The number of carbonyl (C=O) groups is 1. The van der Waals surface area contributed by atoms with Gasteiger partial charge < -0.3 is 20.4 Å². The number of guanidine groups is 1. The van der Waals surface area contributed by atoms with Gasteiger partial charge in [-0.25, -0.2) is 0 Å². The third kappa shape index (κ3) is 6.54. The highest BCUT2D eigenvalue weighted by Crippen LogP contribution is 2.21. The summed E-state index contributed by atoms with van der Waals surface area (Å²) in [7, 11) is 6.04. The fraction of sp³-hybridized carbons (Fsp3) is 0.619. The molecule has 27 heavy (non-hydrogen) atoms. The van der Waals surface area contributed by atoms with E-state index in [4.69, 9.17) is 0 Å². The Labute approximate surface area is 164 Å². The molecule has 2 N–H and O–H groups in total. The summed E-state index contributed by atoms with van der Waals surface area (Å²) in [5.74, 6) is 1.70. The molecule has 2 rings (SSSR count). The molecule has 0 radical (unpaired) electrons. The molecule has 1 heterocycles. The van der Waals surface area contributed by atoms with E-state index in [-0.39, 0.29) is 5.91 Å². The molecule has 0 saturated carbocycles. The van der Waals surface area contributed by atoms with E-state index in [2.05, 4.69) is 60.6 Å². The zero-order valence-electron chi connectivity index (χ0n) is 17.5. The normalized spacial score (nSPS) is 16.3. The van der Waals surface area contributed by atoms with Gasteiger partial charge in [-0.3, -0.25) is 9.79 Å². The Bertz CT molecular complexity index is 624. The standard InChI is InChI=1S/C21H35N5O/c1-16(2)13-19(25(4)5)15-24-21(22-3)23-14-17-8-10-18(11-9-17)26-12-6-7-20(26)27/h8-11,16,19H,6-7,12-15H2,1-5H3,(H2,22,23,24). The molecule has 0 spiro atoms. The lowest BCUT2D eigenvalue weighted by Crippen LogP contribution is -2.45. The van der Waals surface area contributed by atoms with E-state index < -0.39 is 0 Å². The van der Waals surface area contributed by atoms with Crippen LogP contribution in [0.2, 0.25) is 0 Å². The minimum absolute atomic E-state index is 0.224. The molecule has 1 aliphatic rings. The Morgan fingerprint density at radius 2 is 1.93 bits per heavy atom. The van der Waals surface area contributed by atoms with Gasteiger partial charge in [0.25, 0.3) is 0 Å². The van der Waals surface area contributed by atoms with Crippen LogP contribution in [0.15, 0.2) is 29.3 Å². The van der Waals surface area contributed by atoms with Crippen molar-refractivity contribution in [1.82, 2.24) is 15.5 Å². The van der Waals surface area contributed by atoms with Crippen molar-refractivity contribution in [3.8, 4) is 0 Å². The SMILES string of the molecule is CN=C(NCc1ccc(N2CCCC2=O)cc1)NCC(CC(C)C)N(C)C. The fourth-order valence-corrected chi connectivity index (χ4v) is 3.36. The Balaban J connectivity index is 1.84. The summed E-state index contributed by atoms with van der Waals surface area (Å²) in [6.45, 7) is 6.90. The smallest absolute Gasteiger partial charge is 0.227 e. The molecule has 1 amide bonds. The number of carbonyl (C=O) groups excluding carboxylic acids is 1. The number of benzene rings is 1. The van der Waals surface area contributed by atoms with E-state index in [0.29, 0.717) is 24.9 Å². The highest BCUT2D eigenvalue weighted by molar-refractivity contribution is 5.95. The molecule has 1 saturated heterocycles. The van der Waals surface area contributed by atoms with Crippen molar-refractivity contribution in [2.45, 2.75) is 45.7 Å². The topological polar surface area (TPSA) is 60.0 Å². The lowest BCUT2D eigenvalue weighted by molar-refractivity contribution is -0.117. The summed E-state index contributed by atoms with van der Waals surface area (Å²) < 4.78 is 0. The molecule has 1 aromatic rings. The third-order valence-corrected chi connectivity index (χ3v) is 4.98. The Kier molecular flexibility index (Phi) is 8.10. The van der Waals surface area contributed by atoms with Gasteiger partial charge in [0, 0.05) is 44.8 Å². The second kappa shape index (κ2) is 10.3. The number of nitrogens with zero attached hydrogens (tertiary/aromatic N) is 3. The molecular formula is C21H35N5O. The first-order chi connectivity index (χ1) is 12.9. The summed E-state index contributed by atoms with van der Waals surface area (Å²) in [5.41, 5.74) is 2.16. The van der Waals surface area contributed by atoms with Crippen LogP contribution in [-0.4, -0.2) is 57.0 Å². The van der Waals surface area contributed by atoms with Crippen LogP contribution in [0.1, 0.15) is 38.7 Å². The second-order valence-electron chi connectivity index (χ2n) is 7.87. The second-order valence-corrected chi connectivity index (χ2v) is 7.87. The van der Waals surface area contributed by atoms with Crippen LogP contribution in [0.3, 0.4) is 0 Å². The summed E-state index contributed by atoms with van der Waals surface area (Å²) in [5, 5.41) is 6.80. The molecule has 1 aromatic carbocycles. The summed E-state index contributed by atoms with van der Waals surface area (Å²) >= 11 is 0. The van der Waals surface area contributed by atoms with Crippen LogP contribution in [0.25, 0.3) is 0 Å². The van der Waals surface area contributed by atoms with Crippen molar-refractivity contribution in [2.24, 2.45) is 10.9 Å². The van der Waals surface area contributed by atoms with Gasteiger partial charge >= 0.3 is 0 Å². The van der Waals surface area contributed by atoms with Crippen LogP contribution in [0.4, 0.5) is 5.69 Å². The van der Waals surface area contributed by atoms with Crippen molar-refractivity contribution in [2.75, 3.05) is 39.1 Å². The van der Waals surface area contributed by atoms with Crippen molar-refractivity contribution in [1.29, 1.82) is 0 Å². The van der Waals surface area contributed by atoms with Crippen LogP contribution in [0, 0.1) is 5.92 Å². The number of rotatable bonds is 8. The predicted molar refractivity (Wildman–Crippen MR) is 113 cm³/mol. The molecule has 150 valence electrons. The van der Waals surface area contributed by atoms with Gasteiger partial charge in [-0.15, -0.1) is 0 Å². The number of hydrogen-bond acceptors (Lipinski definition) is 3. The van der Waals surface area contributed by atoms with E-state index in [9.17, 15) is 4.79 Å². The Hall–Kier alpha value is -2.08. The quantitative estimate of drug-likeness (QED) is 0.543. The van der Waals surface area contributed by atoms with Crippen molar-refractivity contribution >= 4 is 17.6 Å². The predicted octanol–water partition coefficient (Wildman–Crippen LogP) is 2.45. The largest absolute Gasteiger partial charge is 0.355 e. The minimum atomic E-state index is 0.224. The molecule has 1 fully saturated rings. The highest BCUT2D eigenvalue weighted by Gasteiger charge is 2.21. The van der Waals surface area contributed by atoms with Gasteiger partial charge in [0.1, 0.15) is 0 Å². The summed E-state index contributed by atoms with van der Waals surface area (Å²) in [4.78, 5) is 20.3. The molecule has 1 atom stereocenters. The first kappa shape index (κ1) is 21.2. The summed E-state index contributed by atoms with van der Waals surface area (Å²) in [6, 6.07) is 8.67. The first-order valence-corrected chi connectivity index (χ1v) is 9.91. The number of hydrogen-bond donors (Lipinski definition) is 2. The number of likely N-dealkylation sites (N-methyl/N-ethyl adjacent to an activating group) is 1. The van der Waals surface area contributed by atoms with Gasteiger partial charge in [0.05, 0.1) is 0 Å². The van der Waals surface area contributed by atoms with E-state index in [1.165, 1.54) is 5.56 Å². The molecule has 0 aromatic heterocycles. The van der Waals surface area contributed by atoms with Gasteiger partial charge in [-0.2, -0.15) is 0 Å². The molecule has 6 heteroatoms. The van der Waals surface area contributed by atoms with E-state index >= 15 is 0 Å². The average molecular weight is 374 g/mol. The van der Waals surface area contributed by atoms with Crippen LogP contribution in [0.5, 0.6) is 0 Å². The van der Waals surface area contributed by atoms with Crippen molar-refractivity contribution in [3.63, 3.8) is 0 Å². The van der Waals surface area contributed by atoms with E-state index in [1.54, 1.807) is 7.05 Å². The third-order valence-electron chi connectivity index (χ3n) is 4.98. The Morgan fingerprint density at radius 3 is 2.44 bits per heavy atom. The van der Waals surface area contributed by atoms with Gasteiger partial charge in [0.2, 0.25) is 5.91 Å². The number of aliphatic imine (C=N–C) groups is 1. The maximum atomic E-state index is 11.8. The van der Waals surface area contributed by atoms with Crippen LogP contribution >= 0.6 is 0 Å². The zero-order valence-corrected chi connectivity index (χ0v) is 17.5. The maximum absolute atomic E-state index is 11.8. The summed E-state index contributed by atoms with van der Waals surface area (Å²) in [6.07, 6.45) is 2.76. The van der Waals surface area contributed by atoms with Gasteiger partial charge in [-0.05, 0) is 50.6 Å². The fourth-order valence-electron chi connectivity index (χ4n) is 3.36. The molecule has 0 aliphatic carbocycles. The molecule has 6 nitrogen and oxygen atoms in total. The maximum Gasteiger partial charge on any atom is 0.227 e. The van der Waals surface area contributed by atoms with Gasteiger partial charge in [0.15, 0.2) is 5.96 Å². The molecule has 1 aliphatic heterocycles. The molecular weight excluding hydrogens is 338 g/mol. The van der Waals surface area contributed by atoms with Crippen LogP contribution < -0.4 is 15.5 Å². The Morgan fingerprint density at radius 1 is 1.22 bits per heavy atom. The lowest BCUT2D eigenvalue weighted by atomic mass is 10.0. The van der Waals surface area contributed by atoms with Crippen LogP contribution in [-0.2, 0) is 11.3 Å². The lowest BCUT2D eigenvalue weighted by Gasteiger charge is -2.27.